The molecule has 0 amide bonds. The topological polar surface area (TPSA) is 0 Å². The molecule has 0 atom stereocenters. The van der Waals surface area contributed by atoms with Gasteiger partial charge in [-0.05, 0) is 322 Å². The summed E-state index contributed by atoms with van der Waals surface area (Å²) >= 11 is 0. The standard InChI is InChI=1S/C22H30.C18H24.C12H18/c1-11-13(3)17(7)21(18(8)14(11)4)22-19(9)15(5)12(2)16(6)20(22)10;1-9-10(2)14(6)18-16(8)12(4)11(3)15(7)17(18)13(9)5;1-7-8(2)10(4)12(6)11(5)9(7)3/h1-10H3;1-8H3;1-6H3. The zero-order valence-corrected chi connectivity index (χ0v) is 38.0. The van der Waals surface area contributed by atoms with Gasteiger partial charge in [0, 0.05) is 0 Å². The first-order chi connectivity index (χ1) is 23.9. The van der Waals surface area contributed by atoms with Crippen LogP contribution in [0, 0.1) is 166 Å². The highest BCUT2D eigenvalue weighted by molar-refractivity contribution is 5.97. The van der Waals surface area contributed by atoms with Crippen LogP contribution in [-0.4, -0.2) is 0 Å². The molecule has 0 N–H and O–H groups in total. The fourth-order valence-corrected chi connectivity index (χ4v) is 8.62. The van der Waals surface area contributed by atoms with Gasteiger partial charge in [0.05, 0.1) is 0 Å². The Morgan fingerprint density at radius 1 is 0.115 bits per heavy atom. The van der Waals surface area contributed by atoms with E-state index in [-0.39, 0.29) is 0 Å². The van der Waals surface area contributed by atoms with Gasteiger partial charge in [-0.25, -0.2) is 0 Å². The zero-order chi connectivity index (χ0) is 40.2. The van der Waals surface area contributed by atoms with Gasteiger partial charge in [-0.2, -0.15) is 0 Å². The minimum atomic E-state index is 1.44. The lowest BCUT2D eigenvalue weighted by molar-refractivity contribution is 1.13. The monoisotopic (exact) mass is 697 g/mol. The van der Waals surface area contributed by atoms with Crippen molar-refractivity contribution in [3.05, 3.63) is 134 Å². The molecule has 0 aromatic heterocycles. The summed E-state index contributed by atoms with van der Waals surface area (Å²) in [5, 5.41) is 2.97. The average molecular weight is 697 g/mol. The maximum absolute atomic E-state index is 2.29. The Kier molecular flexibility index (Phi) is 13.0. The maximum atomic E-state index is 2.29. The van der Waals surface area contributed by atoms with E-state index in [0.717, 1.165) is 0 Å². The van der Waals surface area contributed by atoms with Crippen LogP contribution in [-0.2, 0) is 0 Å². The number of benzene rings is 5. The van der Waals surface area contributed by atoms with Gasteiger partial charge in [0.2, 0.25) is 0 Å². The van der Waals surface area contributed by atoms with Crippen LogP contribution >= 0.6 is 0 Å². The van der Waals surface area contributed by atoms with E-state index in [1.807, 2.05) is 0 Å². The number of aryl methyl sites for hydroxylation is 4. The van der Waals surface area contributed by atoms with E-state index < -0.39 is 0 Å². The number of hydrogen-bond donors (Lipinski definition) is 0. The smallest absolute Gasteiger partial charge is 0.0114 e. The summed E-state index contributed by atoms with van der Waals surface area (Å²) in [5.41, 5.74) is 37.7. The molecule has 0 heteroatoms. The number of hydrogen-bond acceptors (Lipinski definition) is 0. The lowest BCUT2D eigenvalue weighted by atomic mass is 9.80. The Balaban J connectivity index is 0.000000219. The highest BCUT2D eigenvalue weighted by Gasteiger charge is 2.20. The molecule has 0 aliphatic carbocycles. The average Bonchev–Trinajstić information content (AvgIpc) is 3.12. The third-order valence-corrected chi connectivity index (χ3v) is 14.8. The largest absolute Gasteiger partial charge is 0.0447 e. The van der Waals surface area contributed by atoms with Gasteiger partial charge >= 0.3 is 0 Å². The Morgan fingerprint density at radius 3 is 0.346 bits per heavy atom. The first kappa shape index (κ1) is 42.8. The maximum Gasteiger partial charge on any atom is -0.0114 e. The Morgan fingerprint density at radius 2 is 0.212 bits per heavy atom. The molecule has 0 saturated carbocycles. The van der Waals surface area contributed by atoms with Crippen LogP contribution in [0.25, 0.3) is 21.9 Å². The molecular weight excluding hydrogens is 625 g/mol. The molecule has 5 aromatic carbocycles. The van der Waals surface area contributed by atoms with Gasteiger partial charge in [0.1, 0.15) is 0 Å². The molecule has 0 unspecified atom stereocenters. The van der Waals surface area contributed by atoms with Crippen LogP contribution < -0.4 is 0 Å². The molecule has 0 heterocycles. The molecule has 0 fully saturated rings. The second-order valence-electron chi connectivity index (χ2n) is 16.5. The predicted octanol–water partition coefficient (Wildman–Crippen LogP) is 15.3. The van der Waals surface area contributed by atoms with Crippen molar-refractivity contribution in [3.8, 4) is 11.1 Å². The second kappa shape index (κ2) is 15.8. The van der Waals surface area contributed by atoms with Crippen molar-refractivity contribution in [1.29, 1.82) is 0 Å². The van der Waals surface area contributed by atoms with Crippen molar-refractivity contribution in [3.63, 3.8) is 0 Å². The van der Waals surface area contributed by atoms with Crippen LogP contribution in [0.15, 0.2) is 0 Å². The van der Waals surface area contributed by atoms with E-state index in [4.69, 9.17) is 0 Å². The van der Waals surface area contributed by atoms with Crippen LogP contribution in [0.2, 0.25) is 0 Å². The number of fused-ring (bicyclic) bond motifs is 1. The quantitative estimate of drug-likeness (QED) is 0.164. The van der Waals surface area contributed by atoms with Gasteiger partial charge in [-0.3, -0.25) is 0 Å². The molecule has 5 rings (SSSR count). The Hall–Kier alpha value is -3.64. The van der Waals surface area contributed by atoms with Gasteiger partial charge in [0.25, 0.3) is 0 Å². The minimum Gasteiger partial charge on any atom is -0.0447 e. The molecule has 5 aromatic rings. The van der Waals surface area contributed by atoms with E-state index in [2.05, 4.69) is 166 Å². The fourth-order valence-electron chi connectivity index (χ4n) is 8.62. The Bertz CT molecular complexity index is 1900. The van der Waals surface area contributed by atoms with Crippen molar-refractivity contribution >= 4 is 10.8 Å². The summed E-state index contributed by atoms with van der Waals surface area (Å²) in [7, 11) is 0. The SMILES string of the molecule is Cc1c(C)c(C)c(-c2c(C)c(C)c(C)c(C)c2C)c(C)c1C.Cc1c(C)c(C)c(C)c(C)c1C.Cc1c(C)c(C)c2c(C)c(C)c(C)c(C)c2c1C. The molecule has 0 aliphatic rings. The van der Waals surface area contributed by atoms with E-state index in [1.165, 1.54) is 155 Å². The predicted molar refractivity (Wildman–Crippen MR) is 236 cm³/mol. The van der Waals surface area contributed by atoms with E-state index in [0.29, 0.717) is 0 Å². The zero-order valence-electron chi connectivity index (χ0n) is 38.0. The molecule has 280 valence electrons. The fraction of sp³-hybridized carbons (Fsp3) is 0.462. The molecule has 0 aliphatic heterocycles. The summed E-state index contributed by atoms with van der Waals surface area (Å²) in [6.07, 6.45) is 0. The first-order valence-corrected chi connectivity index (χ1v) is 19.5. The molecule has 0 radical (unpaired) electrons. The highest BCUT2D eigenvalue weighted by Crippen LogP contribution is 2.41. The van der Waals surface area contributed by atoms with Crippen LogP contribution in [0.3, 0.4) is 0 Å². The molecule has 0 saturated heterocycles. The Labute approximate surface area is 320 Å². The molecule has 0 spiro atoms. The van der Waals surface area contributed by atoms with E-state index in [9.17, 15) is 0 Å². The lowest BCUT2D eigenvalue weighted by Gasteiger charge is -2.25. The van der Waals surface area contributed by atoms with Crippen molar-refractivity contribution < 1.29 is 0 Å². The lowest BCUT2D eigenvalue weighted by Crippen LogP contribution is -2.05. The molecular formula is C52H72. The first-order valence-electron chi connectivity index (χ1n) is 19.5. The molecule has 0 nitrogen and oxygen atoms in total. The molecule has 0 bridgehead atoms. The third kappa shape index (κ3) is 7.05. The third-order valence-electron chi connectivity index (χ3n) is 14.8. The van der Waals surface area contributed by atoms with Crippen molar-refractivity contribution in [2.24, 2.45) is 0 Å². The van der Waals surface area contributed by atoms with Gasteiger partial charge in [-0.1, -0.05) is 0 Å². The highest BCUT2D eigenvalue weighted by atomic mass is 14.2. The minimum absolute atomic E-state index is 1.44. The van der Waals surface area contributed by atoms with Crippen molar-refractivity contribution in [1.82, 2.24) is 0 Å². The van der Waals surface area contributed by atoms with Crippen molar-refractivity contribution in [2.75, 3.05) is 0 Å². The summed E-state index contributed by atoms with van der Waals surface area (Å²) in [5.74, 6) is 0. The van der Waals surface area contributed by atoms with Crippen LogP contribution in [0.5, 0.6) is 0 Å². The summed E-state index contributed by atoms with van der Waals surface area (Å²) in [6.45, 7) is 54.0. The van der Waals surface area contributed by atoms with E-state index in [1.54, 1.807) is 0 Å². The van der Waals surface area contributed by atoms with Crippen molar-refractivity contribution in [2.45, 2.75) is 166 Å². The second-order valence-corrected chi connectivity index (χ2v) is 16.5. The van der Waals surface area contributed by atoms with Gasteiger partial charge in [0.15, 0.2) is 0 Å². The van der Waals surface area contributed by atoms with Gasteiger partial charge in [-0.15, -0.1) is 0 Å². The normalized spacial score (nSPS) is 11.1. The summed E-state index contributed by atoms with van der Waals surface area (Å²) < 4.78 is 0. The molecule has 52 heavy (non-hydrogen) atoms. The van der Waals surface area contributed by atoms with Crippen LogP contribution in [0.4, 0.5) is 0 Å². The summed E-state index contributed by atoms with van der Waals surface area (Å²) in [4.78, 5) is 0. The number of rotatable bonds is 1. The van der Waals surface area contributed by atoms with Crippen LogP contribution in [0.1, 0.15) is 134 Å². The summed E-state index contributed by atoms with van der Waals surface area (Å²) in [6, 6.07) is 0. The van der Waals surface area contributed by atoms with E-state index >= 15 is 0 Å². The van der Waals surface area contributed by atoms with Gasteiger partial charge < -0.3 is 0 Å².